The van der Waals surface area contributed by atoms with E-state index in [1.54, 1.807) is 6.26 Å². The summed E-state index contributed by atoms with van der Waals surface area (Å²) in [5.74, 6) is 1.37. The normalized spacial score (nSPS) is 23.4. The molecule has 1 aromatic rings. The van der Waals surface area contributed by atoms with Gasteiger partial charge in [-0.05, 0) is 37.7 Å². The molecule has 1 fully saturated rings. The van der Waals surface area contributed by atoms with Crippen molar-refractivity contribution in [2.75, 3.05) is 19.7 Å². The van der Waals surface area contributed by atoms with Crippen LogP contribution in [0.2, 0.25) is 0 Å². The van der Waals surface area contributed by atoms with Crippen molar-refractivity contribution in [1.29, 1.82) is 0 Å². The molecule has 2 heterocycles. The number of aliphatic hydroxyl groups is 1. The first kappa shape index (κ1) is 13.5. The molecular weight excluding hydrogens is 256 g/mol. The molecule has 0 spiro atoms. The van der Waals surface area contributed by atoms with Crippen molar-refractivity contribution in [2.24, 2.45) is 5.92 Å². The number of amides is 2. The van der Waals surface area contributed by atoms with Crippen LogP contribution in [0, 0.1) is 5.92 Å². The molecule has 5 heteroatoms. The number of piperidine rings is 1. The van der Waals surface area contributed by atoms with Crippen molar-refractivity contribution in [3.8, 4) is 0 Å². The molecule has 0 radical (unpaired) electrons. The van der Waals surface area contributed by atoms with Crippen molar-refractivity contribution in [1.82, 2.24) is 10.2 Å². The fourth-order valence-corrected chi connectivity index (χ4v) is 3.20. The summed E-state index contributed by atoms with van der Waals surface area (Å²) in [5, 5.41) is 12.3. The van der Waals surface area contributed by atoms with Crippen LogP contribution in [0.4, 0.5) is 4.79 Å². The summed E-state index contributed by atoms with van der Waals surface area (Å²) in [4.78, 5) is 14.2. The number of aliphatic hydroxyl groups excluding tert-OH is 1. The minimum Gasteiger partial charge on any atom is -0.469 e. The van der Waals surface area contributed by atoms with Gasteiger partial charge in [0.15, 0.2) is 0 Å². The van der Waals surface area contributed by atoms with E-state index in [0.29, 0.717) is 5.92 Å². The Hall–Kier alpha value is -1.49. The lowest BCUT2D eigenvalue weighted by atomic mass is 9.93. The number of nitrogens with zero attached hydrogens (tertiary/aromatic N) is 1. The maximum Gasteiger partial charge on any atom is 0.317 e. The lowest BCUT2D eigenvalue weighted by molar-refractivity contribution is 0.135. The van der Waals surface area contributed by atoms with Gasteiger partial charge in [0.05, 0.1) is 12.3 Å². The van der Waals surface area contributed by atoms with Crippen molar-refractivity contribution in [3.63, 3.8) is 0 Å². The number of rotatable bonds is 2. The number of carbonyl (C=O) groups excluding carboxylic acids is 1. The Kier molecular flexibility index (Phi) is 3.96. The van der Waals surface area contributed by atoms with Crippen LogP contribution >= 0.6 is 0 Å². The first-order valence-corrected chi connectivity index (χ1v) is 7.50. The molecule has 110 valence electrons. The number of fused-ring (bicyclic) bond motifs is 1. The number of carbonyl (C=O) groups is 1. The maximum absolute atomic E-state index is 12.3. The smallest absolute Gasteiger partial charge is 0.317 e. The molecule has 2 aliphatic rings. The number of hydrogen-bond donors (Lipinski definition) is 2. The lowest BCUT2D eigenvalue weighted by Gasteiger charge is -2.33. The summed E-state index contributed by atoms with van der Waals surface area (Å²) >= 11 is 0. The van der Waals surface area contributed by atoms with E-state index in [1.165, 1.54) is 0 Å². The monoisotopic (exact) mass is 278 g/mol. The summed E-state index contributed by atoms with van der Waals surface area (Å²) in [6.45, 7) is 1.71. The average Bonchev–Trinajstić information content (AvgIpc) is 2.97. The van der Waals surface area contributed by atoms with Gasteiger partial charge in [-0.15, -0.1) is 0 Å². The van der Waals surface area contributed by atoms with E-state index in [4.69, 9.17) is 9.52 Å². The van der Waals surface area contributed by atoms with Crippen LogP contribution in [0.15, 0.2) is 16.7 Å². The Bertz CT molecular complexity index is 463. The number of hydrogen-bond acceptors (Lipinski definition) is 3. The van der Waals surface area contributed by atoms with E-state index in [0.717, 1.165) is 56.5 Å². The standard InChI is InChI=1S/C15H22N2O3/c18-10-11-4-7-17(8-5-11)15(19)16-13-2-1-3-14-12(13)6-9-20-14/h6,9,11,13,18H,1-5,7-8,10H2,(H,16,19). The van der Waals surface area contributed by atoms with Crippen molar-refractivity contribution >= 4 is 6.03 Å². The number of aryl methyl sites for hydroxylation is 1. The number of furan rings is 1. The molecule has 1 atom stereocenters. The minimum atomic E-state index is 0.0143. The summed E-state index contributed by atoms with van der Waals surface area (Å²) < 4.78 is 5.45. The maximum atomic E-state index is 12.3. The van der Waals surface area contributed by atoms with Gasteiger partial charge >= 0.3 is 6.03 Å². The van der Waals surface area contributed by atoms with E-state index in [2.05, 4.69) is 5.32 Å². The summed E-state index contributed by atoms with van der Waals surface area (Å²) in [6, 6.07) is 2.07. The van der Waals surface area contributed by atoms with Gasteiger partial charge in [0.2, 0.25) is 0 Å². The SMILES string of the molecule is O=C(NC1CCCc2occc21)N1CCC(CO)CC1. The van der Waals surface area contributed by atoms with Crippen molar-refractivity contribution in [2.45, 2.75) is 38.1 Å². The fourth-order valence-electron chi connectivity index (χ4n) is 3.20. The first-order chi connectivity index (χ1) is 9.78. The molecule has 1 aliphatic carbocycles. The minimum absolute atomic E-state index is 0.0143. The Morgan fingerprint density at radius 2 is 2.20 bits per heavy atom. The fraction of sp³-hybridized carbons (Fsp3) is 0.667. The van der Waals surface area contributed by atoms with Crippen LogP contribution in [0.1, 0.15) is 43.0 Å². The predicted octanol–water partition coefficient (Wildman–Crippen LogP) is 2.07. The van der Waals surface area contributed by atoms with Crippen LogP contribution < -0.4 is 5.32 Å². The molecule has 2 amide bonds. The van der Waals surface area contributed by atoms with E-state index < -0.39 is 0 Å². The molecule has 1 aliphatic heterocycles. The van der Waals surface area contributed by atoms with Gasteiger partial charge < -0.3 is 19.7 Å². The summed E-state index contributed by atoms with van der Waals surface area (Å²) in [6.07, 6.45) is 6.50. The lowest BCUT2D eigenvalue weighted by Crippen LogP contribution is -2.46. The second-order valence-electron chi connectivity index (χ2n) is 5.81. The largest absolute Gasteiger partial charge is 0.469 e. The van der Waals surface area contributed by atoms with Gasteiger partial charge in [-0.3, -0.25) is 0 Å². The third-order valence-corrected chi connectivity index (χ3v) is 4.51. The molecule has 1 aromatic heterocycles. The second-order valence-corrected chi connectivity index (χ2v) is 5.81. The van der Waals surface area contributed by atoms with Gasteiger partial charge in [-0.2, -0.15) is 0 Å². The van der Waals surface area contributed by atoms with E-state index >= 15 is 0 Å². The van der Waals surface area contributed by atoms with Gasteiger partial charge in [0, 0.05) is 31.7 Å². The van der Waals surface area contributed by atoms with E-state index in [-0.39, 0.29) is 18.7 Å². The summed E-state index contributed by atoms with van der Waals surface area (Å²) in [5.41, 5.74) is 1.13. The molecule has 0 aromatic carbocycles. The Labute approximate surface area is 118 Å². The van der Waals surface area contributed by atoms with Crippen molar-refractivity contribution < 1.29 is 14.3 Å². The van der Waals surface area contributed by atoms with E-state index in [9.17, 15) is 4.79 Å². The molecule has 0 bridgehead atoms. The predicted molar refractivity (Wildman–Crippen MR) is 74.3 cm³/mol. The molecule has 0 saturated carbocycles. The Balaban J connectivity index is 1.58. The number of nitrogens with one attached hydrogen (secondary N) is 1. The number of urea groups is 1. The second kappa shape index (κ2) is 5.87. The highest BCUT2D eigenvalue weighted by Crippen LogP contribution is 2.30. The zero-order chi connectivity index (χ0) is 13.9. The van der Waals surface area contributed by atoms with Gasteiger partial charge in [-0.1, -0.05) is 0 Å². The van der Waals surface area contributed by atoms with Crippen LogP contribution in [0.5, 0.6) is 0 Å². The highest BCUT2D eigenvalue weighted by atomic mass is 16.3. The third-order valence-electron chi connectivity index (χ3n) is 4.51. The third kappa shape index (κ3) is 2.68. The first-order valence-electron chi connectivity index (χ1n) is 7.50. The van der Waals surface area contributed by atoms with Gasteiger partial charge in [0.1, 0.15) is 5.76 Å². The van der Waals surface area contributed by atoms with Crippen LogP contribution in [0.25, 0.3) is 0 Å². The Morgan fingerprint density at radius 1 is 1.40 bits per heavy atom. The molecule has 5 nitrogen and oxygen atoms in total. The van der Waals surface area contributed by atoms with Crippen molar-refractivity contribution in [3.05, 3.63) is 23.7 Å². The molecule has 1 unspecified atom stereocenters. The molecule has 2 N–H and O–H groups in total. The zero-order valence-electron chi connectivity index (χ0n) is 11.7. The van der Waals surface area contributed by atoms with Gasteiger partial charge in [-0.25, -0.2) is 4.79 Å². The highest BCUT2D eigenvalue weighted by Gasteiger charge is 2.27. The van der Waals surface area contributed by atoms with E-state index in [1.807, 2.05) is 11.0 Å². The molecule has 1 saturated heterocycles. The Morgan fingerprint density at radius 3 is 2.95 bits per heavy atom. The van der Waals surface area contributed by atoms with Gasteiger partial charge in [0.25, 0.3) is 0 Å². The zero-order valence-corrected chi connectivity index (χ0v) is 11.7. The summed E-state index contributed by atoms with van der Waals surface area (Å²) in [7, 11) is 0. The quantitative estimate of drug-likeness (QED) is 0.870. The van der Waals surface area contributed by atoms with Crippen LogP contribution in [-0.2, 0) is 6.42 Å². The average molecular weight is 278 g/mol. The topological polar surface area (TPSA) is 65.7 Å². The number of likely N-dealkylation sites (tertiary alicyclic amines) is 1. The highest BCUT2D eigenvalue weighted by molar-refractivity contribution is 5.75. The van der Waals surface area contributed by atoms with Crippen LogP contribution in [-0.4, -0.2) is 35.7 Å². The molecule has 20 heavy (non-hydrogen) atoms. The van der Waals surface area contributed by atoms with Crippen LogP contribution in [0.3, 0.4) is 0 Å². The molecular formula is C15H22N2O3. The molecule has 3 rings (SSSR count).